The number of hydrogen-bond donors (Lipinski definition) is 1. The number of nitrogens with zero attached hydrogens (tertiary/aromatic N) is 3. The molecule has 1 atom stereocenters. The Balaban J connectivity index is 1.32. The summed E-state index contributed by atoms with van der Waals surface area (Å²) >= 11 is 0. The van der Waals surface area contributed by atoms with Gasteiger partial charge < -0.3 is 10.2 Å². The summed E-state index contributed by atoms with van der Waals surface area (Å²) < 4.78 is 0. The highest BCUT2D eigenvalue weighted by atomic mass is 16.1. The first-order valence-corrected chi connectivity index (χ1v) is 11.2. The highest BCUT2D eigenvalue weighted by Gasteiger charge is 2.26. The van der Waals surface area contributed by atoms with Crippen LogP contribution in [0.3, 0.4) is 0 Å². The quantitative estimate of drug-likeness (QED) is 0.582. The summed E-state index contributed by atoms with van der Waals surface area (Å²) in [6.07, 6.45) is 5.67. The standard InChI is InChI=1S/C26H30N4O/c1-20-11-13-22(14-12-20)25-27-17-15-24(29-25)30-18-6-10-23(19-30)26(31)28-16-5-9-21-7-3-2-4-8-21/h2-4,7-8,11-15,17,23H,5-6,9-10,16,18-19H2,1H3,(H,28,31)/t23-/m1/s1. The van der Waals surface area contributed by atoms with E-state index in [9.17, 15) is 4.79 Å². The number of carbonyl (C=O) groups excluding carboxylic acids is 1. The first-order valence-electron chi connectivity index (χ1n) is 11.2. The Morgan fingerprint density at radius 1 is 1.10 bits per heavy atom. The number of rotatable bonds is 7. The van der Waals surface area contributed by atoms with E-state index < -0.39 is 0 Å². The number of nitrogens with one attached hydrogen (secondary N) is 1. The average Bonchev–Trinajstić information content (AvgIpc) is 2.83. The van der Waals surface area contributed by atoms with Crippen molar-refractivity contribution in [1.82, 2.24) is 15.3 Å². The minimum atomic E-state index is 0.00302. The molecule has 1 amide bonds. The molecule has 1 fully saturated rings. The molecule has 1 aliphatic rings. The monoisotopic (exact) mass is 414 g/mol. The molecule has 1 saturated heterocycles. The van der Waals surface area contributed by atoms with Crippen LogP contribution in [-0.4, -0.2) is 35.5 Å². The third kappa shape index (κ3) is 5.69. The highest BCUT2D eigenvalue weighted by molar-refractivity contribution is 5.79. The molecule has 1 aromatic heterocycles. The zero-order valence-corrected chi connectivity index (χ0v) is 18.1. The van der Waals surface area contributed by atoms with E-state index in [1.165, 1.54) is 11.1 Å². The molecule has 160 valence electrons. The SMILES string of the molecule is Cc1ccc(-c2nccc(N3CCC[C@@H](C(=O)NCCCc4ccccc4)C3)n2)cc1. The molecular formula is C26H30N4O. The summed E-state index contributed by atoms with van der Waals surface area (Å²) in [7, 11) is 0. The van der Waals surface area contributed by atoms with Gasteiger partial charge in [-0.2, -0.15) is 0 Å². The Kier molecular flexibility index (Phi) is 6.92. The van der Waals surface area contributed by atoms with E-state index >= 15 is 0 Å². The lowest BCUT2D eigenvalue weighted by Gasteiger charge is -2.33. The van der Waals surface area contributed by atoms with E-state index in [1.807, 2.05) is 18.3 Å². The van der Waals surface area contributed by atoms with Gasteiger partial charge in [-0.05, 0) is 44.2 Å². The number of amides is 1. The van der Waals surface area contributed by atoms with Crippen LogP contribution in [-0.2, 0) is 11.2 Å². The maximum absolute atomic E-state index is 12.7. The number of anilines is 1. The van der Waals surface area contributed by atoms with Crippen LogP contribution in [0.5, 0.6) is 0 Å². The molecule has 0 unspecified atom stereocenters. The van der Waals surface area contributed by atoms with E-state index in [0.717, 1.165) is 56.0 Å². The molecule has 5 nitrogen and oxygen atoms in total. The summed E-state index contributed by atoms with van der Waals surface area (Å²) in [6, 6.07) is 20.6. The number of aromatic nitrogens is 2. The van der Waals surface area contributed by atoms with Crippen LogP contribution in [0, 0.1) is 12.8 Å². The van der Waals surface area contributed by atoms with Crippen LogP contribution in [0.25, 0.3) is 11.4 Å². The maximum atomic E-state index is 12.7. The van der Waals surface area contributed by atoms with Crippen molar-refractivity contribution in [2.45, 2.75) is 32.6 Å². The topological polar surface area (TPSA) is 58.1 Å². The molecule has 1 aliphatic heterocycles. The third-order valence-corrected chi connectivity index (χ3v) is 5.85. The van der Waals surface area contributed by atoms with Crippen molar-refractivity contribution in [3.8, 4) is 11.4 Å². The first-order chi connectivity index (χ1) is 15.2. The van der Waals surface area contributed by atoms with Gasteiger partial charge in [-0.25, -0.2) is 9.97 Å². The summed E-state index contributed by atoms with van der Waals surface area (Å²) in [5, 5.41) is 3.14. The minimum Gasteiger partial charge on any atom is -0.356 e. The largest absolute Gasteiger partial charge is 0.356 e. The van der Waals surface area contributed by atoms with E-state index in [4.69, 9.17) is 4.98 Å². The summed E-state index contributed by atoms with van der Waals surface area (Å²) in [4.78, 5) is 24.2. The first kappa shape index (κ1) is 21.0. The predicted molar refractivity (Wildman–Crippen MR) is 125 cm³/mol. The Bertz CT molecular complexity index is 988. The number of aryl methyl sites for hydroxylation is 2. The number of benzene rings is 2. The third-order valence-electron chi connectivity index (χ3n) is 5.85. The molecule has 1 N–H and O–H groups in total. The van der Waals surface area contributed by atoms with Crippen molar-refractivity contribution in [1.29, 1.82) is 0 Å². The van der Waals surface area contributed by atoms with Crippen LogP contribution in [0.4, 0.5) is 5.82 Å². The lowest BCUT2D eigenvalue weighted by molar-refractivity contribution is -0.125. The summed E-state index contributed by atoms with van der Waals surface area (Å²) in [5.74, 6) is 1.78. The molecular weight excluding hydrogens is 384 g/mol. The second kappa shape index (κ2) is 10.2. The van der Waals surface area contributed by atoms with Gasteiger partial charge in [0.05, 0.1) is 5.92 Å². The second-order valence-electron chi connectivity index (χ2n) is 8.27. The number of hydrogen-bond acceptors (Lipinski definition) is 4. The van der Waals surface area contributed by atoms with Gasteiger partial charge in [-0.15, -0.1) is 0 Å². The van der Waals surface area contributed by atoms with Crippen LogP contribution in [0.1, 0.15) is 30.4 Å². The van der Waals surface area contributed by atoms with Gasteiger partial charge in [-0.3, -0.25) is 4.79 Å². The predicted octanol–water partition coefficient (Wildman–Crippen LogP) is 4.42. The van der Waals surface area contributed by atoms with Crippen molar-refractivity contribution in [2.24, 2.45) is 5.92 Å². The van der Waals surface area contributed by atoms with Crippen molar-refractivity contribution < 1.29 is 4.79 Å². The second-order valence-corrected chi connectivity index (χ2v) is 8.27. The van der Waals surface area contributed by atoms with Gasteiger partial charge in [0.15, 0.2) is 5.82 Å². The number of carbonyl (C=O) groups is 1. The van der Waals surface area contributed by atoms with Gasteiger partial charge in [0.25, 0.3) is 0 Å². The molecule has 0 spiro atoms. The summed E-state index contributed by atoms with van der Waals surface area (Å²) in [6.45, 7) is 4.41. The average molecular weight is 415 g/mol. The van der Waals surface area contributed by atoms with Crippen molar-refractivity contribution in [2.75, 3.05) is 24.5 Å². The van der Waals surface area contributed by atoms with Crippen LogP contribution < -0.4 is 10.2 Å². The summed E-state index contributed by atoms with van der Waals surface area (Å²) in [5.41, 5.74) is 3.54. The zero-order chi connectivity index (χ0) is 21.5. The van der Waals surface area contributed by atoms with E-state index in [1.54, 1.807) is 0 Å². The molecule has 31 heavy (non-hydrogen) atoms. The van der Waals surface area contributed by atoms with Gasteiger partial charge >= 0.3 is 0 Å². The van der Waals surface area contributed by atoms with Crippen molar-refractivity contribution in [3.05, 3.63) is 78.0 Å². The molecule has 2 aromatic carbocycles. The maximum Gasteiger partial charge on any atom is 0.224 e. The Hall–Kier alpha value is -3.21. The molecule has 0 radical (unpaired) electrons. The van der Waals surface area contributed by atoms with Crippen LogP contribution in [0.15, 0.2) is 66.9 Å². The van der Waals surface area contributed by atoms with E-state index in [0.29, 0.717) is 6.54 Å². The molecule has 0 aliphatic carbocycles. The van der Waals surface area contributed by atoms with Crippen molar-refractivity contribution >= 4 is 11.7 Å². The van der Waals surface area contributed by atoms with Gasteiger partial charge in [-0.1, -0.05) is 60.2 Å². The zero-order valence-electron chi connectivity index (χ0n) is 18.1. The fraction of sp³-hybridized carbons (Fsp3) is 0.346. The Morgan fingerprint density at radius 2 is 1.90 bits per heavy atom. The molecule has 0 bridgehead atoms. The highest BCUT2D eigenvalue weighted by Crippen LogP contribution is 2.24. The fourth-order valence-electron chi connectivity index (χ4n) is 4.06. The van der Waals surface area contributed by atoms with Gasteiger partial charge in [0.1, 0.15) is 5.82 Å². The minimum absolute atomic E-state index is 0.00302. The van der Waals surface area contributed by atoms with E-state index in [-0.39, 0.29) is 11.8 Å². The normalized spacial score (nSPS) is 16.2. The van der Waals surface area contributed by atoms with Gasteiger partial charge in [0, 0.05) is 31.4 Å². The van der Waals surface area contributed by atoms with Gasteiger partial charge in [0.2, 0.25) is 5.91 Å². The molecule has 5 heteroatoms. The smallest absolute Gasteiger partial charge is 0.224 e. The molecule has 0 saturated carbocycles. The Morgan fingerprint density at radius 3 is 2.71 bits per heavy atom. The molecule has 4 rings (SSSR count). The van der Waals surface area contributed by atoms with Crippen LogP contribution >= 0.6 is 0 Å². The fourth-order valence-corrected chi connectivity index (χ4v) is 4.06. The molecule has 2 heterocycles. The van der Waals surface area contributed by atoms with E-state index in [2.05, 4.69) is 70.7 Å². The number of piperidine rings is 1. The molecule has 3 aromatic rings. The van der Waals surface area contributed by atoms with Crippen molar-refractivity contribution in [3.63, 3.8) is 0 Å². The van der Waals surface area contributed by atoms with Crippen LogP contribution in [0.2, 0.25) is 0 Å². The Labute approximate surface area is 184 Å². The lowest BCUT2D eigenvalue weighted by Crippen LogP contribution is -2.43. The lowest BCUT2D eigenvalue weighted by atomic mass is 9.97.